The summed E-state index contributed by atoms with van der Waals surface area (Å²) in [4.78, 5) is 0. The monoisotopic (exact) mass is 353 g/mol. The molecule has 106 valence electrons. The van der Waals surface area contributed by atoms with Gasteiger partial charge in [-0.15, -0.1) is 0 Å². The third kappa shape index (κ3) is 4.15. The molecule has 0 aliphatic carbocycles. The quantitative estimate of drug-likeness (QED) is 0.739. The van der Waals surface area contributed by atoms with Crippen LogP contribution in [0.1, 0.15) is 18.9 Å². The SMILES string of the molecule is CCCOc1ccc(NCc2ccccc2Br)cc1Cl. The fourth-order valence-electron chi connectivity index (χ4n) is 1.78. The summed E-state index contributed by atoms with van der Waals surface area (Å²) in [5.74, 6) is 0.736. The summed E-state index contributed by atoms with van der Waals surface area (Å²) in [6.45, 7) is 3.50. The molecule has 2 aromatic carbocycles. The number of ether oxygens (including phenoxy) is 1. The topological polar surface area (TPSA) is 21.3 Å². The molecule has 0 saturated heterocycles. The Morgan fingerprint density at radius 2 is 2.00 bits per heavy atom. The van der Waals surface area contributed by atoms with E-state index in [4.69, 9.17) is 16.3 Å². The Labute approximate surface area is 133 Å². The van der Waals surface area contributed by atoms with Crippen molar-refractivity contribution in [2.24, 2.45) is 0 Å². The molecular weight excluding hydrogens is 338 g/mol. The highest BCUT2D eigenvalue weighted by molar-refractivity contribution is 9.10. The standard InChI is InChI=1S/C16H17BrClNO/c1-2-9-20-16-8-7-13(10-15(16)18)19-11-12-5-3-4-6-14(12)17/h3-8,10,19H,2,9,11H2,1H3. The van der Waals surface area contributed by atoms with Crippen LogP contribution in [0.3, 0.4) is 0 Å². The van der Waals surface area contributed by atoms with Crippen LogP contribution in [0.2, 0.25) is 5.02 Å². The highest BCUT2D eigenvalue weighted by Crippen LogP contribution is 2.28. The first-order valence-electron chi connectivity index (χ1n) is 6.60. The van der Waals surface area contributed by atoms with E-state index in [1.54, 1.807) is 0 Å². The van der Waals surface area contributed by atoms with Gasteiger partial charge in [0.2, 0.25) is 0 Å². The number of hydrogen-bond donors (Lipinski definition) is 1. The maximum atomic E-state index is 6.20. The zero-order chi connectivity index (χ0) is 14.4. The molecule has 2 nitrogen and oxygen atoms in total. The van der Waals surface area contributed by atoms with Crippen LogP contribution in [-0.4, -0.2) is 6.61 Å². The Kier molecular flexibility index (Phi) is 5.74. The smallest absolute Gasteiger partial charge is 0.138 e. The number of benzene rings is 2. The first-order valence-corrected chi connectivity index (χ1v) is 7.77. The van der Waals surface area contributed by atoms with Gasteiger partial charge >= 0.3 is 0 Å². The van der Waals surface area contributed by atoms with Gasteiger partial charge in [-0.1, -0.05) is 52.7 Å². The van der Waals surface area contributed by atoms with E-state index in [-0.39, 0.29) is 0 Å². The molecule has 0 fully saturated rings. The number of nitrogens with one attached hydrogen (secondary N) is 1. The minimum absolute atomic E-state index is 0.635. The fraction of sp³-hybridized carbons (Fsp3) is 0.250. The summed E-state index contributed by atoms with van der Waals surface area (Å²) < 4.78 is 6.65. The van der Waals surface area contributed by atoms with Crippen LogP contribution in [0.5, 0.6) is 5.75 Å². The van der Waals surface area contributed by atoms with Crippen molar-refractivity contribution in [3.63, 3.8) is 0 Å². The van der Waals surface area contributed by atoms with Crippen molar-refractivity contribution in [3.05, 3.63) is 57.5 Å². The zero-order valence-corrected chi connectivity index (χ0v) is 13.7. The van der Waals surface area contributed by atoms with E-state index in [0.717, 1.165) is 28.9 Å². The first kappa shape index (κ1) is 15.2. The number of halogens is 2. The van der Waals surface area contributed by atoms with Crippen molar-refractivity contribution in [1.82, 2.24) is 0 Å². The zero-order valence-electron chi connectivity index (χ0n) is 11.3. The van der Waals surface area contributed by atoms with E-state index in [1.165, 1.54) is 5.56 Å². The lowest BCUT2D eigenvalue weighted by Crippen LogP contribution is -2.01. The Balaban J connectivity index is 2.00. The molecule has 1 N–H and O–H groups in total. The van der Waals surface area contributed by atoms with Gasteiger partial charge in [0.1, 0.15) is 5.75 Å². The van der Waals surface area contributed by atoms with E-state index < -0.39 is 0 Å². The summed E-state index contributed by atoms with van der Waals surface area (Å²) in [7, 11) is 0. The van der Waals surface area contributed by atoms with Gasteiger partial charge in [0.15, 0.2) is 0 Å². The van der Waals surface area contributed by atoms with Gasteiger partial charge in [0.25, 0.3) is 0 Å². The van der Waals surface area contributed by atoms with Crippen LogP contribution in [-0.2, 0) is 6.54 Å². The Morgan fingerprint density at radius 1 is 1.20 bits per heavy atom. The summed E-state index contributed by atoms with van der Waals surface area (Å²) >= 11 is 9.74. The summed E-state index contributed by atoms with van der Waals surface area (Å²) in [6.07, 6.45) is 0.971. The second-order valence-corrected chi connectivity index (χ2v) is 5.70. The second-order valence-electron chi connectivity index (χ2n) is 4.44. The van der Waals surface area contributed by atoms with Crippen LogP contribution in [0.4, 0.5) is 5.69 Å². The summed E-state index contributed by atoms with van der Waals surface area (Å²) in [5.41, 5.74) is 2.18. The molecule has 0 radical (unpaired) electrons. The van der Waals surface area contributed by atoms with Gasteiger partial charge in [-0.2, -0.15) is 0 Å². The van der Waals surface area contributed by atoms with Gasteiger partial charge in [-0.3, -0.25) is 0 Å². The number of anilines is 1. The van der Waals surface area contributed by atoms with Crippen molar-refractivity contribution >= 4 is 33.2 Å². The van der Waals surface area contributed by atoms with Crippen molar-refractivity contribution < 1.29 is 4.74 Å². The maximum Gasteiger partial charge on any atom is 0.138 e. The van der Waals surface area contributed by atoms with E-state index in [0.29, 0.717) is 11.6 Å². The molecule has 0 aliphatic heterocycles. The molecule has 0 atom stereocenters. The molecule has 0 spiro atoms. The molecule has 0 saturated carbocycles. The first-order chi connectivity index (χ1) is 9.70. The highest BCUT2D eigenvalue weighted by atomic mass is 79.9. The minimum atomic E-state index is 0.635. The third-order valence-electron chi connectivity index (χ3n) is 2.83. The van der Waals surface area contributed by atoms with Gasteiger partial charge < -0.3 is 10.1 Å². The lowest BCUT2D eigenvalue weighted by atomic mass is 10.2. The van der Waals surface area contributed by atoms with Gasteiger partial charge in [0.05, 0.1) is 11.6 Å². The normalized spacial score (nSPS) is 10.3. The maximum absolute atomic E-state index is 6.20. The van der Waals surface area contributed by atoms with Crippen molar-refractivity contribution in [1.29, 1.82) is 0 Å². The molecule has 0 bridgehead atoms. The Bertz CT molecular complexity index is 574. The van der Waals surface area contributed by atoms with Gasteiger partial charge in [-0.25, -0.2) is 0 Å². The Hall–Kier alpha value is -1.19. The molecule has 0 aromatic heterocycles. The van der Waals surface area contributed by atoms with Crippen LogP contribution >= 0.6 is 27.5 Å². The van der Waals surface area contributed by atoms with Crippen molar-refractivity contribution in [2.45, 2.75) is 19.9 Å². The van der Waals surface area contributed by atoms with Crippen molar-refractivity contribution in [3.8, 4) is 5.75 Å². The lowest BCUT2D eigenvalue weighted by molar-refractivity contribution is 0.317. The predicted molar refractivity (Wildman–Crippen MR) is 88.7 cm³/mol. The molecule has 0 aliphatic rings. The average molecular weight is 355 g/mol. The molecular formula is C16H17BrClNO. The molecule has 4 heteroatoms. The van der Waals surface area contributed by atoms with Crippen LogP contribution in [0, 0.1) is 0 Å². The average Bonchev–Trinajstić information content (AvgIpc) is 2.45. The second kappa shape index (κ2) is 7.55. The largest absolute Gasteiger partial charge is 0.492 e. The molecule has 0 unspecified atom stereocenters. The minimum Gasteiger partial charge on any atom is -0.492 e. The molecule has 0 heterocycles. The lowest BCUT2D eigenvalue weighted by Gasteiger charge is -2.11. The van der Waals surface area contributed by atoms with Crippen LogP contribution < -0.4 is 10.1 Å². The highest BCUT2D eigenvalue weighted by Gasteiger charge is 2.04. The van der Waals surface area contributed by atoms with Gasteiger partial charge in [0, 0.05) is 16.7 Å². The molecule has 0 amide bonds. The van der Waals surface area contributed by atoms with E-state index in [2.05, 4.69) is 34.2 Å². The van der Waals surface area contributed by atoms with E-state index in [9.17, 15) is 0 Å². The molecule has 20 heavy (non-hydrogen) atoms. The Morgan fingerprint density at radius 3 is 2.70 bits per heavy atom. The molecule has 2 aromatic rings. The number of rotatable bonds is 6. The van der Waals surface area contributed by atoms with Crippen molar-refractivity contribution in [2.75, 3.05) is 11.9 Å². The molecule has 2 rings (SSSR count). The van der Waals surface area contributed by atoms with Gasteiger partial charge in [-0.05, 0) is 36.2 Å². The number of hydrogen-bond acceptors (Lipinski definition) is 2. The van der Waals surface area contributed by atoms with Crippen LogP contribution in [0.25, 0.3) is 0 Å². The third-order valence-corrected chi connectivity index (χ3v) is 3.90. The summed E-state index contributed by atoms with van der Waals surface area (Å²) in [5, 5.41) is 3.99. The van der Waals surface area contributed by atoms with Crippen LogP contribution in [0.15, 0.2) is 46.9 Å². The fourth-order valence-corrected chi connectivity index (χ4v) is 2.44. The van der Waals surface area contributed by atoms with E-state index >= 15 is 0 Å². The predicted octanol–water partition coefficient (Wildman–Crippen LogP) is 5.50. The summed E-state index contributed by atoms with van der Waals surface area (Å²) in [6, 6.07) is 13.9. The van der Waals surface area contributed by atoms with E-state index in [1.807, 2.05) is 36.4 Å².